The van der Waals surface area contributed by atoms with Gasteiger partial charge in [-0.1, -0.05) is 11.3 Å². The minimum absolute atomic E-state index is 0.0450. The molecule has 1 aromatic heterocycles. The largest absolute Gasteiger partial charge is 0.494 e. The molecule has 0 saturated carbocycles. The average Bonchev–Trinajstić information content (AvgIpc) is 2.83. The number of rotatable bonds is 4. The third-order valence-corrected chi connectivity index (χ3v) is 5.89. The van der Waals surface area contributed by atoms with Crippen molar-refractivity contribution in [3.8, 4) is 5.75 Å². The molecule has 0 aliphatic carbocycles. The molecule has 126 valence electrons. The van der Waals surface area contributed by atoms with Crippen molar-refractivity contribution in [3.63, 3.8) is 0 Å². The van der Waals surface area contributed by atoms with E-state index in [1.807, 2.05) is 25.1 Å². The predicted octanol–water partition coefficient (Wildman–Crippen LogP) is 3.07. The summed E-state index contributed by atoms with van der Waals surface area (Å²) in [5.41, 5.74) is 0.858. The molecule has 0 amide bonds. The van der Waals surface area contributed by atoms with Crippen molar-refractivity contribution in [3.05, 3.63) is 53.1 Å². The Labute approximate surface area is 142 Å². The van der Waals surface area contributed by atoms with Crippen molar-refractivity contribution in [1.82, 2.24) is 4.57 Å². The maximum Gasteiger partial charge on any atom is 0.285 e. The van der Waals surface area contributed by atoms with Gasteiger partial charge in [0.1, 0.15) is 11.6 Å². The van der Waals surface area contributed by atoms with E-state index in [4.69, 9.17) is 4.74 Å². The van der Waals surface area contributed by atoms with Crippen molar-refractivity contribution >= 4 is 31.6 Å². The SMILES string of the molecule is CCOc1ccc2c(c1)sc(=NS(=O)(=O)c1ccc(F)cc1)n2C. The molecule has 0 spiro atoms. The molecule has 5 nitrogen and oxygen atoms in total. The van der Waals surface area contributed by atoms with E-state index in [1.54, 1.807) is 11.6 Å². The minimum Gasteiger partial charge on any atom is -0.494 e. The second kappa shape index (κ2) is 6.37. The number of ether oxygens (including phenoxy) is 1. The van der Waals surface area contributed by atoms with E-state index >= 15 is 0 Å². The van der Waals surface area contributed by atoms with Crippen LogP contribution < -0.4 is 9.54 Å². The summed E-state index contributed by atoms with van der Waals surface area (Å²) in [7, 11) is -2.16. The summed E-state index contributed by atoms with van der Waals surface area (Å²) in [6.07, 6.45) is 0. The van der Waals surface area contributed by atoms with Crippen LogP contribution >= 0.6 is 11.3 Å². The van der Waals surface area contributed by atoms with Crippen LogP contribution in [0.4, 0.5) is 4.39 Å². The van der Waals surface area contributed by atoms with Gasteiger partial charge in [0.05, 0.1) is 21.7 Å². The molecule has 0 atom stereocenters. The first-order valence-corrected chi connectivity index (χ1v) is 9.45. The van der Waals surface area contributed by atoms with Crippen LogP contribution in [0.5, 0.6) is 5.75 Å². The molecular formula is C16H15FN2O3S2. The van der Waals surface area contributed by atoms with E-state index in [0.717, 1.165) is 28.1 Å². The van der Waals surface area contributed by atoms with Crippen LogP contribution in [0, 0.1) is 5.82 Å². The summed E-state index contributed by atoms with van der Waals surface area (Å²) < 4.78 is 49.7. The molecule has 1 heterocycles. The van der Waals surface area contributed by atoms with Crippen LogP contribution in [-0.4, -0.2) is 19.6 Å². The Morgan fingerprint density at radius 2 is 1.92 bits per heavy atom. The number of benzene rings is 2. The van der Waals surface area contributed by atoms with Crippen LogP contribution in [0.1, 0.15) is 6.92 Å². The number of thiazole rings is 1. The lowest BCUT2D eigenvalue weighted by atomic mass is 10.3. The van der Waals surface area contributed by atoms with E-state index in [2.05, 4.69) is 4.40 Å². The summed E-state index contributed by atoms with van der Waals surface area (Å²) >= 11 is 1.25. The maximum absolute atomic E-state index is 13.0. The van der Waals surface area contributed by atoms with Gasteiger partial charge < -0.3 is 9.30 Å². The first-order valence-electron chi connectivity index (χ1n) is 7.19. The number of nitrogens with zero attached hydrogens (tertiary/aromatic N) is 2. The molecule has 0 aliphatic heterocycles. The van der Waals surface area contributed by atoms with Crippen LogP contribution in [-0.2, 0) is 17.1 Å². The van der Waals surface area contributed by atoms with Crippen molar-refractivity contribution < 1.29 is 17.5 Å². The second-order valence-electron chi connectivity index (χ2n) is 5.03. The lowest BCUT2D eigenvalue weighted by molar-refractivity contribution is 0.341. The molecule has 3 rings (SSSR count). The molecule has 0 fully saturated rings. The number of fused-ring (bicyclic) bond motifs is 1. The van der Waals surface area contributed by atoms with Gasteiger partial charge in [0.15, 0.2) is 0 Å². The molecular weight excluding hydrogens is 351 g/mol. The highest BCUT2D eigenvalue weighted by Crippen LogP contribution is 2.23. The molecule has 0 saturated heterocycles. The lowest BCUT2D eigenvalue weighted by Gasteiger charge is -2.02. The van der Waals surface area contributed by atoms with Gasteiger partial charge in [0.25, 0.3) is 10.0 Å². The Kier molecular flexibility index (Phi) is 4.42. The van der Waals surface area contributed by atoms with E-state index in [9.17, 15) is 12.8 Å². The van der Waals surface area contributed by atoms with Crippen LogP contribution in [0.2, 0.25) is 0 Å². The van der Waals surface area contributed by atoms with E-state index < -0.39 is 15.8 Å². The normalized spacial score (nSPS) is 12.7. The fourth-order valence-corrected chi connectivity index (χ4v) is 4.50. The van der Waals surface area contributed by atoms with Crippen molar-refractivity contribution in [2.24, 2.45) is 11.4 Å². The fourth-order valence-electron chi connectivity index (χ4n) is 2.22. The predicted molar refractivity (Wildman–Crippen MR) is 91.1 cm³/mol. The summed E-state index contributed by atoms with van der Waals surface area (Å²) in [6, 6.07) is 10.1. The number of hydrogen-bond acceptors (Lipinski definition) is 4. The monoisotopic (exact) mass is 366 g/mol. The summed E-state index contributed by atoms with van der Waals surface area (Å²) in [4.78, 5) is 0.291. The molecule has 2 aromatic carbocycles. The van der Waals surface area contributed by atoms with Crippen LogP contribution in [0.15, 0.2) is 51.8 Å². The Balaban J connectivity index is 2.12. The van der Waals surface area contributed by atoms with E-state index in [1.165, 1.54) is 23.5 Å². The Bertz CT molecular complexity index is 1050. The van der Waals surface area contributed by atoms with E-state index in [0.29, 0.717) is 11.4 Å². The zero-order chi connectivity index (χ0) is 17.3. The standard InChI is InChI=1S/C16H15FN2O3S2/c1-3-22-12-6-9-14-15(10-12)23-16(19(14)2)18-24(20,21)13-7-4-11(17)5-8-13/h4-10H,3H2,1-2H3. The number of aromatic nitrogens is 1. The Morgan fingerprint density at radius 3 is 2.58 bits per heavy atom. The minimum atomic E-state index is -3.90. The van der Waals surface area contributed by atoms with Gasteiger partial charge in [-0.2, -0.15) is 8.42 Å². The second-order valence-corrected chi connectivity index (χ2v) is 7.64. The Morgan fingerprint density at radius 1 is 1.21 bits per heavy atom. The van der Waals surface area contributed by atoms with Gasteiger partial charge in [-0.15, -0.1) is 4.40 Å². The van der Waals surface area contributed by atoms with E-state index in [-0.39, 0.29) is 4.90 Å². The average molecular weight is 366 g/mol. The molecule has 24 heavy (non-hydrogen) atoms. The van der Waals surface area contributed by atoms with Gasteiger partial charge >= 0.3 is 0 Å². The fraction of sp³-hybridized carbons (Fsp3) is 0.188. The smallest absolute Gasteiger partial charge is 0.285 e. The molecule has 0 unspecified atom stereocenters. The zero-order valence-corrected chi connectivity index (χ0v) is 14.7. The molecule has 3 aromatic rings. The molecule has 0 radical (unpaired) electrons. The number of hydrogen-bond donors (Lipinski definition) is 0. The summed E-state index contributed by atoms with van der Waals surface area (Å²) in [5, 5.41) is 0. The summed E-state index contributed by atoms with van der Waals surface area (Å²) in [5.74, 6) is 0.226. The Hall–Kier alpha value is -2.19. The number of aryl methyl sites for hydroxylation is 1. The molecule has 0 N–H and O–H groups in total. The third kappa shape index (κ3) is 3.20. The van der Waals surface area contributed by atoms with Gasteiger partial charge in [-0.05, 0) is 49.4 Å². The number of halogens is 1. The third-order valence-electron chi connectivity index (χ3n) is 3.40. The highest BCUT2D eigenvalue weighted by molar-refractivity contribution is 7.90. The van der Waals surface area contributed by atoms with Crippen molar-refractivity contribution in [1.29, 1.82) is 0 Å². The quantitative estimate of drug-likeness (QED) is 0.713. The highest BCUT2D eigenvalue weighted by Gasteiger charge is 2.14. The zero-order valence-electron chi connectivity index (χ0n) is 13.1. The first-order chi connectivity index (χ1) is 11.4. The number of sulfonamides is 1. The van der Waals surface area contributed by atoms with Gasteiger partial charge in [-0.3, -0.25) is 0 Å². The van der Waals surface area contributed by atoms with Crippen molar-refractivity contribution in [2.45, 2.75) is 11.8 Å². The topological polar surface area (TPSA) is 60.7 Å². The lowest BCUT2D eigenvalue weighted by Crippen LogP contribution is -2.13. The van der Waals surface area contributed by atoms with Gasteiger partial charge in [0.2, 0.25) is 4.80 Å². The molecule has 0 aliphatic rings. The first kappa shape index (κ1) is 16.7. The summed E-state index contributed by atoms with van der Waals surface area (Å²) in [6.45, 7) is 2.45. The van der Waals surface area contributed by atoms with Crippen LogP contribution in [0.3, 0.4) is 0 Å². The van der Waals surface area contributed by atoms with Crippen molar-refractivity contribution in [2.75, 3.05) is 6.61 Å². The van der Waals surface area contributed by atoms with Crippen LogP contribution in [0.25, 0.3) is 10.2 Å². The highest BCUT2D eigenvalue weighted by atomic mass is 32.2. The van der Waals surface area contributed by atoms with Gasteiger partial charge in [0, 0.05) is 7.05 Å². The molecule has 0 bridgehead atoms. The van der Waals surface area contributed by atoms with Gasteiger partial charge in [-0.25, -0.2) is 4.39 Å². The molecule has 8 heteroatoms. The maximum atomic E-state index is 13.0.